The number of hydrogen-bond donors (Lipinski definition) is 3. The van der Waals surface area contributed by atoms with Crippen molar-refractivity contribution >= 4 is 23.2 Å². The summed E-state index contributed by atoms with van der Waals surface area (Å²) in [5, 5.41) is 2.81. The van der Waals surface area contributed by atoms with Crippen LogP contribution in [0.1, 0.15) is 29.8 Å². The Kier molecular flexibility index (Phi) is 5.68. The topological polar surface area (TPSA) is 83.1 Å². The normalized spacial score (nSPS) is 10.1. The van der Waals surface area contributed by atoms with Crippen molar-refractivity contribution in [3.63, 3.8) is 0 Å². The Morgan fingerprint density at radius 3 is 2.33 bits per heavy atom. The van der Waals surface area contributed by atoms with Gasteiger partial charge >= 0.3 is 0 Å². The fraction of sp³-hybridized carbons (Fsp3) is 0.167. The van der Waals surface area contributed by atoms with Crippen LogP contribution >= 0.6 is 0 Å². The van der Waals surface area contributed by atoms with E-state index in [4.69, 9.17) is 0 Å². The highest BCUT2D eigenvalue weighted by atomic mass is 16.2. The summed E-state index contributed by atoms with van der Waals surface area (Å²) < 4.78 is 0. The Balaban J connectivity index is 1.91. The van der Waals surface area contributed by atoms with Gasteiger partial charge in [-0.1, -0.05) is 32.6 Å². The molecule has 0 atom stereocenters. The number of benzene rings is 1. The highest BCUT2D eigenvalue weighted by Crippen LogP contribution is 2.14. The molecular weight excluding hydrogens is 304 g/mol. The van der Waals surface area contributed by atoms with E-state index in [1.165, 1.54) is 6.20 Å². The van der Waals surface area contributed by atoms with Gasteiger partial charge in [0, 0.05) is 24.0 Å². The molecule has 0 saturated carbocycles. The largest absolute Gasteiger partial charge is 0.326 e. The Bertz CT molecular complexity index is 724. The summed E-state index contributed by atoms with van der Waals surface area (Å²) in [7, 11) is 0. The molecule has 0 aliphatic carbocycles. The van der Waals surface area contributed by atoms with Gasteiger partial charge < -0.3 is 5.32 Å². The van der Waals surface area contributed by atoms with Crippen LogP contribution in [-0.4, -0.2) is 16.8 Å². The molecule has 0 radical (unpaired) electrons. The highest BCUT2D eigenvalue weighted by Gasteiger charge is 2.08. The molecule has 24 heavy (non-hydrogen) atoms. The molecule has 0 unspecified atom stereocenters. The second-order valence-electron chi connectivity index (χ2n) is 5.52. The minimum absolute atomic E-state index is 0.0385. The zero-order chi connectivity index (χ0) is 17.5. The number of hydrogen-bond acceptors (Lipinski definition) is 4. The molecule has 1 aromatic heterocycles. The van der Waals surface area contributed by atoms with E-state index in [1.54, 1.807) is 30.5 Å². The molecule has 2 aromatic rings. The van der Waals surface area contributed by atoms with Crippen LogP contribution in [0, 0.1) is 5.92 Å². The van der Waals surface area contributed by atoms with Crippen LogP contribution in [0.5, 0.6) is 0 Å². The molecule has 0 bridgehead atoms. The van der Waals surface area contributed by atoms with Gasteiger partial charge in [-0.15, -0.1) is 0 Å². The molecule has 1 aromatic carbocycles. The third kappa shape index (κ3) is 4.67. The summed E-state index contributed by atoms with van der Waals surface area (Å²) in [6.45, 7) is 7.55. The number of pyridine rings is 1. The van der Waals surface area contributed by atoms with Gasteiger partial charge in [-0.2, -0.15) is 0 Å². The second-order valence-corrected chi connectivity index (χ2v) is 5.52. The number of hydrazine groups is 1. The Hall–Kier alpha value is -3.15. The van der Waals surface area contributed by atoms with Gasteiger partial charge in [-0.25, -0.2) is 0 Å². The molecule has 0 saturated heterocycles. The van der Waals surface area contributed by atoms with E-state index in [2.05, 4.69) is 27.7 Å². The lowest BCUT2D eigenvalue weighted by Crippen LogP contribution is -2.35. The number of carbonyl (C=O) groups excluding carboxylic acids is 2. The zero-order valence-corrected chi connectivity index (χ0v) is 13.7. The standard InChI is InChI=1S/C18H20N4O2/c1-12(2)17(23)20-16-8-6-14(7-9-16)13(3)21-22-18(24)15-5-4-10-19-11-15/h4-12,21H,3H2,1-2H3,(H,20,23)(H,22,24). The highest BCUT2D eigenvalue weighted by molar-refractivity contribution is 5.94. The minimum atomic E-state index is -0.301. The predicted molar refractivity (Wildman–Crippen MR) is 93.8 cm³/mol. The number of amides is 2. The van der Waals surface area contributed by atoms with Gasteiger partial charge in [0.2, 0.25) is 5.91 Å². The maximum atomic E-state index is 11.9. The lowest BCUT2D eigenvalue weighted by molar-refractivity contribution is -0.118. The lowest BCUT2D eigenvalue weighted by atomic mass is 10.1. The van der Waals surface area contributed by atoms with Crippen LogP contribution < -0.4 is 16.2 Å². The SMILES string of the molecule is C=C(NNC(=O)c1cccnc1)c1ccc(NC(=O)C(C)C)cc1. The molecular formula is C18H20N4O2. The first-order chi connectivity index (χ1) is 11.5. The Morgan fingerprint density at radius 2 is 1.75 bits per heavy atom. The van der Waals surface area contributed by atoms with E-state index >= 15 is 0 Å². The van der Waals surface area contributed by atoms with Gasteiger partial charge in [-0.3, -0.25) is 25.4 Å². The van der Waals surface area contributed by atoms with Crippen LogP contribution in [0.2, 0.25) is 0 Å². The van der Waals surface area contributed by atoms with E-state index in [0.29, 0.717) is 16.9 Å². The van der Waals surface area contributed by atoms with E-state index in [0.717, 1.165) is 5.56 Å². The van der Waals surface area contributed by atoms with Crippen LogP contribution in [0.4, 0.5) is 5.69 Å². The first-order valence-electron chi connectivity index (χ1n) is 7.54. The van der Waals surface area contributed by atoms with Gasteiger partial charge in [0.25, 0.3) is 5.91 Å². The van der Waals surface area contributed by atoms with Gasteiger partial charge in [0.15, 0.2) is 0 Å². The summed E-state index contributed by atoms with van der Waals surface area (Å²) in [5.41, 5.74) is 7.82. The first kappa shape index (κ1) is 17.2. The Labute approximate surface area is 141 Å². The fourth-order valence-electron chi connectivity index (χ4n) is 1.81. The summed E-state index contributed by atoms with van der Waals surface area (Å²) in [6, 6.07) is 10.5. The minimum Gasteiger partial charge on any atom is -0.326 e. The van der Waals surface area contributed by atoms with Crippen LogP contribution in [-0.2, 0) is 4.79 Å². The first-order valence-corrected chi connectivity index (χ1v) is 7.54. The van der Waals surface area contributed by atoms with Crippen molar-refractivity contribution in [2.75, 3.05) is 5.32 Å². The van der Waals surface area contributed by atoms with E-state index in [1.807, 2.05) is 26.0 Å². The number of rotatable bonds is 6. The molecule has 0 spiro atoms. The summed E-state index contributed by atoms with van der Waals surface area (Å²) in [6.07, 6.45) is 3.08. The molecule has 0 fully saturated rings. The molecule has 6 nitrogen and oxygen atoms in total. The number of carbonyl (C=O) groups is 2. The summed E-state index contributed by atoms with van der Waals surface area (Å²) in [4.78, 5) is 27.5. The monoisotopic (exact) mass is 324 g/mol. The average molecular weight is 324 g/mol. The third-order valence-electron chi connectivity index (χ3n) is 3.28. The van der Waals surface area contributed by atoms with Gasteiger partial charge in [-0.05, 0) is 29.8 Å². The summed E-state index contributed by atoms with van der Waals surface area (Å²) >= 11 is 0. The number of nitrogens with one attached hydrogen (secondary N) is 3. The van der Waals surface area contributed by atoms with Crippen molar-refractivity contribution in [3.05, 3.63) is 66.5 Å². The molecule has 6 heteroatoms. The maximum Gasteiger partial charge on any atom is 0.271 e. The quantitative estimate of drug-likeness (QED) is 0.713. The van der Waals surface area contributed by atoms with Crippen molar-refractivity contribution in [3.8, 4) is 0 Å². The molecule has 0 aliphatic heterocycles. The Morgan fingerprint density at radius 1 is 1.04 bits per heavy atom. The maximum absolute atomic E-state index is 11.9. The van der Waals surface area contributed by atoms with Crippen LogP contribution in [0.15, 0.2) is 55.4 Å². The van der Waals surface area contributed by atoms with Gasteiger partial charge in [0.05, 0.1) is 11.3 Å². The van der Waals surface area contributed by atoms with Crippen molar-refractivity contribution in [2.24, 2.45) is 5.92 Å². The number of anilines is 1. The lowest BCUT2D eigenvalue weighted by Gasteiger charge is -2.12. The van der Waals surface area contributed by atoms with E-state index in [-0.39, 0.29) is 17.7 Å². The van der Waals surface area contributed by atoms with Crippen molar-refractivity contribution < 1.29 is 9.59 Å². The van der Waals surface area contributed by atoms with Crippen molar-refractivity contribution in [2.45, 2.75) is 13.8 Å². The van der Waals surface area contributed by atoms with E-state index in [9.17, 15) is 9.59 Å². The van der Waals surface area contributed by atoms with Gasteiger partial charge in [0.1, 0.15) is 0 Å². The van der Waals surface area contributed by atoms with Crippen LogP contribution in [0.3, 0.4) is 0 Å². The smallest absolute Gasteiger partial charge is 0.271 e. The molecule has 0 aliphatic rings. The molecule has 2 amide bonds. The molecule has 124 valence electrons. The van der Waals surface area contributed by atoms with E-state index < -0.39 is 0 Å². The predicted octanol–water partition coefficient (Wildman–Crippen LogP) is 2.58. The number of nitrogens with zero attached hydrogens (tertiary/aromatic N) is 1. The molecule has 2 rings (SSSR count). The number of aromatic nitrogens is 1. The molecule has 3 N–H and O–H groups in total. The van der Waals surface area contributed by atoms with Crippen LogP contribution in [0.25, 0.3) is 5.70 Å². The third-order valence-corrected chi connectivity index (χ3v) is 3.28. The zero-order valence-electron chi connectivity index (χ0n) is 13.7. The molecule has 1 heterocycles. The van der Waals surface area contributed by atoms with Crippen molar-refractivity contribution in [1.82, 2.24) is 15.8 Å². The average Bonchev–Trinajstić information content (AvgIpc) is 2.60. The van der Waals surface area contributed by atoms with Crippen molar-refractivity contribution in [1.29, 1.82) is 0 Å². The summed E-state index contributed by atoms with van der Waals surface area (Å²) in [5.74, 6) is -0.419. The second kappa shape index (κ2) is 7.92. The fourth-order valence-corrected chi connectivity index (χ4v) is 1.81.